The first-order valence-electron chi connectivity index (χ1n) is 11.4. The Kier molecular flexibility index (Phi) is 5.63. The number of hydrogen-bond acceptors (Lipinski definition) is 3. The Hall–Kier alpha value is -2.88. The molecule has 3 aromatic carbocycles. The number of rotatable bonds is 5. The van der Waals surface area contributed by atoms with E-state index in [9.17, 15) is 5.11 Å². The summed E-state index contributed by atoms with van der Waals surface area (Å²) >= 11 is 0. The lowest BCUT2D eigenvalue weighted by atomic mass is 9.84. The lowest BCUT2D eigenvalue weighted by molar-refractivity contribution is -0.0258. The van der Waals surface area contributed by atoms with Gasteiger partial charge in [-0.05, 0) is 54.6 Å². The van der Waals surface area contributed by atoms with Crippen LogP contribution in [0.25, 0.3) is 12.2 Å². The lowest BCUT2D eigenvalue weighted by Gasteiger charge is -2.39. The summed E-state index contributed by atoms with van der Waals surface area (Å²) in [5, 5.41) is 11.1. The number of hydrogen-bond donors (Lipinski definition) is 1. The number of anilines is 2. The molecule has 3 nitrogen and oxygen atoms in total. The smallest absolute Gasteiger partial charge is 0.0920 e. The van der Waals surface area contributed by atoms with Gasteiger partial charge in [0, 0.05) is 31.0 Å². The average Bonchev–Trinajstić information content (AvgIpc) is 2.98. The molecule has 2 aliphatic heterocycles. The van der Waals surface area contributed by atoms with E-state index in [1.54, 1.807) is 0 Å². The number of nitrogens with zero attached hydrogens (tertiary/aromatic N) is 2. The first kappa shape index (κ1) is 20.0. The molecule has 0 bridgehead atoms. The van der Waals surface area contributed by atoms with Crippen LogP contribution >= 0.6 is 0 Å². The van der Waals surface area contributed by atoms with Crippen LogP contribution in [0.15, 0.2) is 78.9 Å². The normalized spacial score (nSPS) is 17.6. The van der Waals surface area contributed by atoms with Gasteiger partial charge in [-0.1, -0.05) is 78.9 Å². The fourth-order valence-electron chi connectivity index (χ4n) is 4.93. The summed E-state index contributed by atoms with van der Waals surface area (Å²) in [4.78, 5) is 4.97. The summed E-state index contributed by atoms with van der Waals surface area (Å²) in [7, 11) is 0. The van der Waals surface area contributed by atoms with Crippen LogP contribution in [-0.4, -0.2) is 36.2 Å². The molecular weight excluding hydrogens is 380 g/mol. The predicted octanol–water partition coefficient (Wildman–Crippen LogP) is 5.68. The predicted molar refractivity (Wildman–Crippen MR) is 129 cm³/mol. The minimum Gasteiger partial charge on any atom is -0.385 e. The third kappa shape index (κ3) is 4.16. The van der Waals surface area contributed by atoms with Crippen molar-refractivity contribution in [3.8, 4) is 0 Å². The number of aliphatic hydroxyl groups is 1. The standard InChI is InChI=1S/C28H30N2O/c31-28(25-11-2-1-3-12-25)17-21-29(22-18-28)19-8-20-30-26-13-6-4-9-23(26)15-16-24-10-5-7-14-27(24)30/h1-7,9-16,31H,8,17-22H2. The molecule has 2 heterocycles. The molecule has 3 aromatic rings. The maximum atomic E-state index is 11.1. The second kappa shape index (κ2) is 8.70. The van der Waals surface area contributed by atoms with Crippen molar-refractivity contribution in [2.24, 2.45) is 0 Å². The van der Waals surface area contributed by atoms with Gasteiger partial charge in [0.25, 0.3) is 0 Å². The largest absolute Gasteiger partial charge is 0.385 e. The molecule has 158 valence electrons. The zero-order valence-electron chi connectivity index (χ0n) is 18.0. The topological polar surface area (TPSA) is 26.7 Å². The molecule has 0 unspecified atom stereocenters. The fourth-order valence-corrected chi connectivity index (χ4v) is 4.93. The van der Waals surface area contributed by atoms with Crippen molar-refractivity contribution in [3.05, 3.63) is 95.6 Å². The summed E-state index contributed by atoms with van der Waals surface area (Å²) < 4.78 is 0. The van der Waals surface area contributed by atoms with E-state index in [1.807, 2.05) is 18.2 Å². The van der Waals surface area contributed by atoms with Crippen LogP contribution < -0.4 is 4.90 Å². The lowest BCUT2D eigenvalue weighted by Crippen LogP contribution is -2.43. The van der Waals surface area contributed by atoms with Crippen molar-refractivity contribution >= 4 is 23.5 Å². The average molecular weight is 411 g/mol. The van der Waals surface area contributed by atoms with Gasteiger partial charge in [-0.3, -0.25) is 0 Å². The Morgan fingerprint density at radius 2 is 1.23 bits per heavy atom. The molecule has 0 radical (unpaired) electrons. The van der Waals surface area contributed by atoms with Crippen molar-refractivity contribution in [1.82, 2.24) is 4.90 Å². The Labute approximate surface area is 185 Å². The number of benzene rings is 3. The van der Waals surface area contributed by atoms with Crippen LogP contribution in [0, 0.1) is 0 Å². The van der Waals surface area contributed by atoms with Gasteiger partial charge in [-0.15, -0.1) is 0 Å². The van der Waals surface area contributed by atoms with E-state index >= 15 is 0 Å². The van der Waals surface area contributed by atoms with E-state index in [-0.39, 0.29) is 0 Å². The van der Waals surface area contributed by atoms with E-state index in [0.717, 1.165) is 51.0 Å². The number of para-hydroxylation sites is 2. The minimum absolute atomic E-state index is 0.675. The van der Waals surface area contributed by atoms with E-state index in [1.165, 1.54) is 22.5 Å². The van der Waals surface area contributed by atoms with E-state index in [0.29, 0.717) is 0 Å². The van der Waals surface area contributed by atoms with Gasteiger partial charge in [0.1, 0.15) is 0 Å². The van der Waals surface area contributed by atoms with Gasteiger partial charge >= 0.3 is 0 Å². The van der Waals surface area contributed by atoms with Crippen LogP contribution in [0.3, 0.4) is 0 Å². The maximum Gasteiger partial charge on any atom is 0.0920 e. The van der Waals surface area contributed by atoms with Crippen LogP contribution in [0.2, 0.25) is 0 Å². The van der Waals surface area contributed by atoms with Gasteiger partial charge in [-0.2, -0.15) is 0 Å². The molecule has 0 spiro atoms. The second-order valence-corrected chi connectivity index (χ2v) is 8.70. The highest BCUT2D eigenvalue weighted by molar-refractivity contribution is 5.88. The zero-order chi connectivity index (χ0) is 21.1. The van der Waals surface area contributed by atoms with Crippen LogP contribution in [0.4, 0.5) is 11.4 Å². The Morgan fingerprint density at radius 1 is 0.677 bits per heavy atom. The molecule has 31 heavy (non-hydrogen) atoms. The van der Waals surface area contributed by atoms with Crippen molar-refractivity contribution in [1.29, 1.82) is 0 Å². The van der Waals surface area contributed by atoms with Crippen molar-refractivity contribution < 1.29 is 5.11 Å². The Balaban J connectivity index is 1.24. The van der Waals surface area contributed by atoms with Gasteiger partial charge in [0.2, 0.25) is 0 Å². The summed E-state index contributed by atoms with van der Waals surface area (Å²) in [6.45, 7) is 3.93. The highest BCUT2D eigenvalue weighted by atomic mass is 16.3. The molecule has 1 saturated heterocycles. The van der Waals surface area contributed by atoms with E-state index in [2.05, 4.69) is 82.6 Å². The second-order valence-electron chi connectivity index (χ2n) is 8.70. The van der Waals surface area contributed by atoms with E-state index < -0.39 is 5.60 Å². The van der Waals surface area contributed by atoms with E-state index in [4.69, 9.17) is 0 Å². The molecule has 3 heteroatoms. The number of fused-ring (bicyclic) bond motifs is 2. The monoisotopic (exact) mass is 410 g/mol. The highest BCUT2D eigenvalue weighted by Crippen LogP contribution is 2.36. The van der Waals surface area contributed by atoms with Gasteiger partial charge in [-0.25, -0.2) is 0 Å². The molecule has 0 saturated carbocycles. The number of piperidine rings is 1. The summed E-state index contributed by atoms with van der Waals surface area (Å²) in [6.07, 6.45) is 7.14. The quantitative estimate of drug-likeness (QED) is 0.586. The first-order chi connectivity index (χ1) is 15.2. The minimum atomic E-state index is -0.675. The number of likely N-dealkylation sites (tertiary alicyclic amines) is 1. The maximum absolute atomic E-state index is 11.1. The van der Waals surface area contributed by atoms with Gasteiger partial charge < -0.3 is 14.9 Å². The molecule has 1 fully saturated rings. The third-order valence-corrected chi connectivity index (χ3v) is 6.75. The molecular formula is C28H30N2O. The van der Waals surface area contributed by atoms with Crippen LogP contribution in [0.5, 0.6) is 0 Å². The zero-order valence-corrected chi connectivity index (χ0v) is 18.0. The van der Waals surface area contributed by atoms with Crippen LogP contribution in [0.1, 0.15) is 36.0 Å². The molecule has 0 amide bonds. The fraction of sp³-hybridized carbons (Fsp3) is 0.286. The van der Waals surface area contributed by atoms with Crippen LogP contribution in [-0.2, 0) is 5.60 Å². The Morgan fingerprint density at radius 3 is 1.84 bits per heavy atom. The molecule has 0 atom stereocenters. The van der Waals surface area contributed by atoms with Gasteiger partial charge in [0.05, 0.1) is 5.60 Å². The summed E-state index contributed by atoms with van der Waals surface area (Å²) in [6, 6.07) is 27.5. The third-order valence-electron chi connectivity index (χ3n) is 6.75. The molecule has 0 aliphatic carbocycles. The Bertz CT molecular complexity index is 1000. The summed E-state index contributed by atoms with van der Waals surface area (Å²) in [5.74, 6) is 0. The van der Waals surface area contributed by atoms with Crippen molar-refractivity contribution in [2.75, 3.05) is 31.1 Å². The highest BCUT2D eigenvalue weighted by Gasteiger charge is 2.33. The first-order valence-corrected chi connectivity index (χ1v) is 11.4. The molecule has 0 aromatic heterocycles. The molecule has 5 rings (SSSR count). The van der Waals surface area contributed by atoms with Gasteiger partial charge in [0.15, 0.2) is 0 Å². The van der Waals surface area contributed by atoms with Crippen molar-refractivity contribution in [3.63, 3.8) is 0 Å². The molecule has 2 aliphatic rings. The summed E-state index contributed by atoms with van der Waals surface area (Å²) in [5.41, 5.74) is 5.47. The SMILES string of the molecule is OC1(c2ccccc2)CCN(CCCN2c3ccccc3C=Cc3ccccc32)CC1. The molecule has 1 N–H and O–H groups in total. The van der Waals surface area contributed by atoms with Crippen molar-refractivity contribution in [2.45, 2.75) is 24.9 Å².